The monoisotopic (exact) mass is 205 g/mol. The Balaban J connectivity index is 2.16. The Kier molecular flexibility index (Phi) is 2.87. The molecule has 0 bridgehead atoms. The van der Waals surface area contributed by atoms with E-state index in [4.69, 9.17) is 5.73 Å². The predicted molar refractivity (Wildman–Crippen MR) is 61.1 cm³/mol. The Hall–Kier alpha value is -1.15. The van der Waals surface area contributed by atoms with Gasteiger partial charge in [0.2, 0.25) is 0 Å². The van der Waals surface area contributed by atoms with E-state index in [1.54, 1.807) is 0 Å². The molecule has 80 valence electrons. The number of benzene rings is 1. The van der Waals surface area contributed by atoms with Crippen LogP contribution in [0.25, 0.3) is 6.08 Å². The molecule has 2 heteroatoms. The van der Waals surface area contributed by atoms with Gasteiger partial charge in [-0.2, -0.15) is 0 Å². The van der Waals surface area contributed by atoms with Crippen molar-refractivity contribution in [1.82, 2.24) is 0 Å². The molecule has 1 saturated carbocycles. The molecule has 2 rings (SSSR count). The first kappa shape index (κ1) is 10.4. The minimum atomic E-state index is -0.622. The lowest BCUT2D eigenvalue weighted by atomic mass is 10.0. The van der Waals surface area contributed by atoms with E-state index in [1.807, 2.05) is 43.3 Å². The van der Waals surface area contributed by atoms with Gasteiger partial charge in [0.25, 0.3) is 0 Å². The molecule has 0 unspecified atom stereocenters. The lowest BCUT2D eigenvalue weighted by Crippen LogP contribution is -2.06. The van der Waals surface area contributed by atoms with E-state index in [2.05, 4.69) is 0 Å². The SMILES string of the molecule is C[C@H](N)c1ccccc1/C=C/[C@@H]1C[C@@H]1F. The molecule has 1 fully saturated rings. The largest absolute Gasteiger partial charge is 0.324 e. The summed E-state index contributed by atoms with van der Waals surface area (Å²) in [6.45, 7) is 1.96. The maximum Gasteiger partial charge on any atom is 0.107 e. The normalized spacial score (nSPS) is 26.9. The third-order valence-corrected chi connectivity index (χ3v) is 2.77. The molecule has 0 aliphatic heterocycles. The second kappa shape index (κ2) is 4.15. The highest BCUT2D eigenvalue weighted by molar-refractivity contribution is 5.55. The molecule has 1 aliphatic carbocycles. The summed E-state index contributed by atoms with van der Waals surface area (Å²) in [6, 6.07) is 8.01. The van der Waals surface area contributed by atoms with Gasteiger partial charge in [-0.15, -0.1) is 0 Å². The highest BCUT2D eigenvalue weighted by Gasteiger charge is 2.34. The van der Waals surface area contributed by atoms with Crippen LogP contribution >= 0.6 is 0 Å². The average Bonchev–Trinajstić information content (AvgIpc) is 2.92. The van der Waals surface area contributed by atoms with Crippen molar-refractivity contribution in [2.45, 2.75) is 25.6 Å². The van der Waals surface area contributed by atoms with Gasteiger partial charge >= 0.3 is 0 Å². The van der Waals surface area contributed by atoms with Gasteiger partial charge in [0, 0.05) is 12.0 Å². The fourth-order valence-corrected chi connectivity index (χ4v) is 1.69. The van der Waals surface area contributed by atoms with Gasteiger partial charge in [-0.25, -0.2) is 4.39 Å². The average molecular weight is 205 g/mol. The van der Waals surface area contributed by atoms with E-state index in [1.165, 1.54) is 0 Å². The van der Waals surface area contributed by atoms with Crippen molar-refractivity contribution in [2.24, 2.45) is 11.7 Å². The Bertz CT molecular complexity index is 371. The molecule has 1 nitrogen and oxygen atoms in total. The summed E-state index contributed by atoms with van der Waals surface area (Å²) in [5.41, 5.74) is 8.07. The van der Waals surface area contributed by atoms with Crippen LogP contribution in [0.1, 0.15) is 30.5 Å². The molecule has 0 spiro atoms. The third kappa shape index (κ3) is 2.45. The fourth-order valence-electron chi connectivity index (χ4n) is 1.69. The topological polar surface area (TPSA) is 26.0 Å². The first-order chi connectivity index (χ1) is 7.18. The molecular weight excluding hydrogens is 189 g/mol. The lowest BCUT2D eigenvalue weighted by molar-refractivity contribution is 0.463. The van der Waals surface area contributed by atoms with Gasteiger partial charge in [-0.1, -0.05) is 36.4 Å². The van der Waals surface area contributed by atoms with Crippen LogP contribution in [-0.2, 0) is 0 Å². The van der Waals surface area contributed by atoms with Crippen LogP contribution in [0.3, 0.4) is 0 Å². The Morgan fingerprint density at radius 3 is 2.73 bits per heavy atom. The zero-order chi connectivity index (χ0) is 10.8. The van der Waals surface area contributed by atoms with Gasteiger partial charge in [0.15, 0.2) is 0 Å². The molecule has 0 heterocycles. The van der Waals surface area contributed by atoms with Crippen molar-refractivity contribution in [3.63, 3.8) is 0 Å². The van der Waals surface area contributed by atoms with Crippen molar-refractivity contribution in [3.05, 3.63) is 41.5 Å². The van der Waals surface area contributed by atoms with E-state index in [-0.39, 0.29) is 12.0 Å². The van der Waals surface area contributed by atoms with Gasteiger partial charge in [-0.05, 0) is 24.5 Å². The molecule has 1 aliphatic rings. The number of hydrogen-bond donors (Lipinski definition) is 1. The maximum atomic E-state index is 12.7. The van der Waals surface area contributed by atoms with Crippen molar-refractivity contribution in [1.29, 1.82) is 0 Å². The number of nitrogens with two attached hydrogens (primary N) is 1. The first-order valence-corrected chi connectivity index (χ1v) is 5.35. The molecule has 0 aromatic heterocycles. The van der Waals surface area contributed by atoms with E-state index in [0.717, 1.165) is 11.1 Å². The summed E-state index contributed by atoms with van der Waals surface area (Å²) in [5, 5.41) is 0. The van der Waals surface area contributed by atoms with Crippen molar-refractivity contribution in [3.8, 4) is 0 Å². The summed E-state index contributed by atoms with van der Waals surface area (Å²) in [7, 11) is 0. The standard InChI is InChI=1S/C13H16FN/c1-9(15)12-5-3-2-4-10(12)6-7-11-8-13(11)14/h2-7,9,11,13H,8,15H2,1H3/b7-6+/t9-,11+,13-/m0/s1. The summed E-state index contributed by atoms with van der Waals surface area (Å²) < 4.78 is 12.7. The summed E-state index contributed by atoms with van der Waals surface area (Å²) in [4.78, 5) is 0. The van der Waals surface area contributed by atoms with Crippen LogP contribution < -0.4 is 5.73 Å². The number of allylic oxidation sites excluding steroid dienone is 1. The van der Waals surface area contributed by atoms with Gasteiger partial charge < -0.3 is 5.73 Å². The van der Waals surface area contributed by atoms with Crippen LogP contribution in [0, 0.1) is 5.92 Å². The van der Waals surface area contributed by atoms with Crippen LogP contribution in [0.4, 0.5) is 4.39 Å². The minimum Gasteiger partial charge on any atom is -0.324 e. The summed E-state index contributed by atoms with van der Waals surface area (Å²) in [6.07, 6.45) is 4.00. The molecule has 3 atom stereocenters. The Morgan fingerprint density at radius 2 is 2.13 bits per heavy atom. The molecule has 0 saturated heterocycles. The Labute approximate surface area is 89.8 Å². The van der Waals surface area contributed by atoms with E-state index in [0.29, 0.717) is 6.42 Å². The molecule has 2 N–H and O–H groups in total. The van der Waals surface area contributed by atoms with Crippen LogP contribution in [0.5, 0.6) is 0 Å². The quantitative estimate of drug-likeness (QED) is 0.806. The smallest absolute Gasteiger partial charge is 0.107 e. The highest BCUT2D eigenvalue weighted by atomic mass is 19.1. The highest BCUT2D eigenvalue weighted by Crippen LogP contribution is 2.35. The Morgan fingerprint density at radius 1 is 1.47 bits per heavy atom. The van der Waals surface area contributed by atoms with E-state index < -0.39 is 6.17 Å². The number of halogens is 1. The molecular formula is C13H16FN. The molecule has 1 aromatic rings. The van der Waals surface area contributed by atoms with Crippen LogP contribution in [-0.4, -0.2) is 6.17 Å². The van der Waals surface area contributed by atoms with Crippen molar-refractivity contribution >= 4 is 6.08 Å². The summed E-state index contributed by atoms with van der Waals surface area (Å²) >= 11 is 0. The molecule has 15 heavy (non-hydrogen) atoms. The van der Waals surface area contributed by atoms with E-state index in [9.17, 15) is 4.39 Å². The summed E-state index contributed by atoms with van der Waals surface area (Å²) in [5.74, 6) is 0.131. The number of hydrogen-bond acceptors (Lipinski definition) is 1. The molecule has 0 radical (unpaired) electrons. The fraction of sp³-hybridized carbons (Fsp3) is 0.385. The van der Waals surface area contributed by atoms with Gasteiger partial charge in [0.05, 0.1) is 0 Å². The van der Waals surface area contributed by atoms with Crippen molar-refractivity contribution < 1.29 is 4.39 Å². The second-order valence-corrected chi connectivity index (χ2v) is 4.19. The first-order valence-electron chi connectivity index (χ1n) is 5.35. The number of rotatable bonds is 3. The minimum absolute atomic E-state index is 0.0197. The lowest BCUT2D eigenvalue weighted by Gasteiger charge is -2.08. The molecule has 0 amide bonds. The predicted octanol–water partition coefficient (Wildman–Crippen LogP) is 3.08. The second-order valence-electron chi connectivity index (χ2n) is 4.19. The third-order valence-electron chi connectivity index (χ3n) is 2.77. The van der Waals surface area contributed by atoms with Crippen LogP contribution in [0.2, 0.25) is 0 Å². The molecule has 1 aromatic carbocycles. The van der Waals surface area contributed by atoms with Crippen molar-refractivity contribution in [2.75, 3.05) is 0 Å². The van der Waals surface area contributed by atoms with Gasteiger partial charge in [-0.3, -0.25) is 0 Å². The zero-order valence-electron chi connectivity index (χ0n) is 8.86. The van der Waals surface area contributed by atoms with Gasteiger partial charge in [0.1, 0.15) is 6.17 Å². The maximum absolute atomic E-state index is 12.7. The number of alkyl halides is 1. The van der Waals surface area contributed by atoms with E-state index >= 15 is 0 Å². The van der Waals surface area contributed by atoms with Crippen LogP contribution in [0.15, 0.2) is 30.3 Å². The zero-order valence-corrected chi connectivity index (χ0v) is 8.86.